The maximum Gasteiger partial charge on any atom is 0.211 e. The number of nitrogens with two attached hydrogens (primary N) is 1. The van der Waals surface area contributed by atoms with E-state index in [0.717, 1.165) is 19.3 Å². The highest BCUT2D eigenvalue weighted by Crippen LogP contribution is 2.07. The lowest BCUT2D eigenvalue weighted by molar-refractivity contribution is 0.484. The molecule has 3 N–H and O–H groups in total. The van der Waals surface area contributed by atoms with E-state index in [-0.39, 0.29) is 11.8 Å². The summed E-state index contributed by atoms with van der Waals surface area (Å²) < 4.78 is 25.9. The Morgan fingerprint density at radius 1 is 1.12 bits per heavy atom. The molecule has 0 aliphatic heterocycles. The van der Waals surface area contributed by atoms with Crippen LogP contribution < -0.4 is 10.5 Å². The monoisotopic (exact) mass is 250 g/mol. The maximum atomic E-state index is 11.6. The molecule has 0 amide bonds. The fraction of sp³-hybridized carbons (Fsp3) is 1.00. The second-order valence-electron chi connectivity index (χ2n) is 4.80. The van der Waals surface area contributed by atoms with E-state index in [2.05, 4.69) is 18.6 Å². The molecular formula is C11H26N2O2S. The molecule has 0 fully saturated rings. The molecule has 0 aliphatic rings. The van der Waals surface area contributed by atoms with Crippen LogP contribution in [0, 0.1) is 5.92 Å². The Labute approximate surface area is 100 Å². The zero-order chi connectivity index (χ0) is 12.6. The minimum Gasteiger partial charge on any atom is -0.330 e. The van der Waals surface area contributed by atoms with Gasteiger partial charge < -0.3 is 5.73 Å². The Bertz CT molecular complexity index is 263. The summed E-state index contributed by atoms with van der Waals surface area (Å²) in [7, 11) is -3.11. The quantitative estimate of drug-likeness (QED) is 0.609. The average molecular weight is 250 g/mol. The molecule has 0 heterocycles. The van der Waals surface area contributed by atoms with Gasteiger partial charge in [-0.05, 0) is 45.1 Å². The van der Waals surface area contributed by atoms with Crippen LogP contribution in [0.5, 0.6) is 0 Å². The van der Waals surface area contributed by atoms with Crippen LogP contribution in [0.1, 0.15) is 46.5 Å². The number of hydrogen-bond acceptors (Lipinski definition) is 3. The van der Waals surface area contributed by atoms with E-state index < -0.39 is 10.0 Å². The molecule has 0 aromatic heterocycles. The predicted octanol–water partition coefficient (Wildman–Crippen LogP) is 1.47. The Morgan fingerprint density at radius 3 is 2.25 bits per heavy atom. The van der Waals surface area contributed by atoms with Gasteiger partial charge in [-0.25, -0.2) is 13.1 Å². The molecule has 0 bridgehead atoms. The van der Waals surface area contributed by atoms with E-state index in [9.17, 15) is 8.42 Å². The van der Waals surface area contributed by atoms with Gasteiger partial charge in [-0.2, -0.15) is 0 Å². The first-order valence-corrected chi connectivity index (χ1v) is 7.72. The lowest BCUT2D eigenvalue weighted by Gasteiger charge is -2.15. The SMILES string of the molecule is CC(C)CCC(C)NS(=O)(=O)CCCCN. The highest BCUT2D eigenvalue weighted by atomic mass is 32.2. The van der Waals surface area contributed by atoms with Crippen molar-refractivity contribution in [3.63, 3.8) is 0 Å². The normalized spacial score (nSPS) is 14.3. The Balaban J connectivity index is 3.86. The topological polar surface area (TPSA) is 72.2 Å². The zero-order valence-corrected chi connectivity index (χ0v) is 11.5. The molecule has 0 spiro atoms. The minimum atomic E-state index is -3.11. The Kier molecular flexibility index (Phi) is 7.97. The lowest BCUT2D eigenvalue weighted by atomic mass is 10.1. The van der Waals surface area contributed by atoms with E-state index >= 15 is 0 Å². The third kappa shape index (κ3) is 9.12. The third-order valence-electron chi connectivity index (χ3n) is 2.42. The van der Waals surface area contributed by atoms with E-state index in [4.69, 9.17) is 5.73 Å². The van der Waals surface area contributed by atoms with Gasteiger partial charge in [-0.1, -0.05) is 13.8 Å². The van der Waals surface area contributed by atoms with Crippen molar-refractivity contribution in [1.82, 2.24) is 4.72 Å². The second-order valence-corrected chi connectivity index (χ2v) is 6.68. The first-order valence-electron chi connectivity index (χ1n) is 6.07. The van der Waals surface area contributed by atoms with Crippen LogP contribution in [0.3, 0.4) is 0 Å². The van der Waals surface area contributed by atoms with Gasteiger partial charge in [0.1, 0.15) is 0 Å². The van der Waals surface area contributed by atoms with E-state index in [0.29, 0.717) is 18.9 Å². The summed E-state index contributed by atoms with van der Waals surface area (Å²) in [5.41, 5.74) is 5.32. The highest BCUT2D eigenvalue weighted by molar-refractivity contribution is 7.89. The van der Waals surface area contributed by atoms with Gasteiger partial charge in [0.15, 0.2) is 0 Å². The summed E-state index contributed by atoms with van der Waals surface area (Å²) in [6, 6.07) is 0.0327. The van der Waals surface area contributed by atoms with Gasteiger partial charge in [0.25, 0.3) is 0 Å². The summed E-state index contributed by atoms with van der Waals surface area (Å²) in [6.07, 6.45) is 3.35. The van der Waals surface area contributed by atoms with Crippen LogP contribution in [0.4, 0.5) is 0 Å². The van der Waals surface area contributed by atoms with Crippen molar-refractivity contribution in [1.29, 1.82) is 0 Å². The highest BCUT2D eigenvalue weighted by Gasteiger charge is 2.13. The smallest absolute Gasteiger partial charge is 0.211 e. The first kappa shape index (κ1) is 15.9. The van der Waals surface area contributed by atoms with Gasteiger partial charge >= 0.3 is 0 Å². The van der Waals surface area contributed by atoms with Gasteiger partial charge in [-0.15, -0.1) is 0 Å². The fourth-order valence-electron chi connectivity index (χ4n) is 1.44. The molecule has 0 aromatic rings. The number of sulfonamides is 1. The zero-order valence-electron chi connectivity index (χ0n) is 10.7. The molecule has 1 atom stereocenters. The Hall–Kier alpha value is -0.130. The average Bonchev–Trinajstić information content (AvgIpc) is 2.14. The summed E-state index contributed by atoms with van der Waals surface area (Å²) in [6.45, 7) is 6.76. The molecule has 0 aromatic carbocycles. The van der Waals surface area contributed by atoms with Crippen molar-refractivity contribution >= 4 is 10.0 Å². The largest absolute Gasteiger partial charge is 0.330 e. The van der Waals surface area contributed by atoms with Crippen molar-refractivity contribution < 1.29 is 8.42 Å². The molecule has 0 saturated carbocycles. The standard InChI is InChI=1S/C11H26N2O2S/c1-10(2)6-7-11(3)13-16(14,15)9-5-4-8-12/h10-11,13H,4-9,12H2,1-3H3. The van der Waals surface area contributed by atoms with Gasteiger partial charge in [0, 0.05) is 6.04 Å². The molecule has 0 radical (unpaired) electrons. The maximum absolute atomic E-state index is 11.6. The molecule has 1 unspecified atom stereocenters. The van der Waals surface area contributed by atoms with Crippen LogP contribution in [-0.4, -0.2) is 26.8 Å². The van der Waals surface area contributed by atoms with Crippen LogP contribution in [0.25, 0.3) is 0 Å². The molecule has 0 rings (SSSR count). The van der Waals surface area contributed by atoms with Gasteiger partial charge in [0.2, 0.25) is 10.0 Å². The van der Waals surface area contributed by atoms with E-state index in [1.54, 1.807) is 0 Å². The molecule has 4 nitrogen and oxygen atoms in total. The van der Waals surface area contributed by atoms with Crippen molar-refractivity contribution in [3.8, 4) is 0 Å². The van der Waals surface area contributed by atoms with E-state index in [1.807, 2.05) is 6.92 Å². The molecule has 0 aliphatic carbocycles. The molecular weight excluding hydrogens is 224 g/mol. The molecule has 5 heteroatoms. The van der Waals surface area contributed by atoms with Crippen molar-refractivity contribution in [3.05, 3.63) is 0 Å². The van der Waals surface area contributed by atoms with E-state index in [1.165, 1.54) is 0 Å². The fourth-order valence-corrected chi connectivity index (χ4v) is 2.88. The van der Waals surface area contributed by atoms with Gasteiger partial charge in [-0.3, -0.25) is 0 Å². The third-order valence-corrected chi connectivity index (χ3v) is 4.01. The number of nitrogens with one attached hydrogen (secondary N) is 1. The summed E-state index contributed by atoms with van der Waals surface area (Å²) in [5, 5.41) is 0. The summed E-state index contributed by atoms with van der Waals surface area (Å²) >= 11 is 0. The van der Waals surface area contributed by atoms with Crippen LogP contribution in [0.15, 0.2) is 0 Å². The number of hydrogen-bond donors (Lipinski definition) is 2. The minimum absolute atomic E-state index is 0.0327. The van der Waals surface area contributed by atoms with Crippen molar-refractivity contribution in [2.24, 2.45) is 11.7 Å². The first-order chi connectivity index (χ1) is 7.37. The van der Waals surface area contributed by atoms with Crippen LogP contribution >= 0.6 is 0 Å². The lowest BCUT2D eigenvalue weighted by Crippen LogP contribution is -2.34. The molecule has 16 heavy (non-hydrogen) atoms. The Morgan fingerprint density at radius 2 is 1.75 bits per heavy atom. The van der Waals surface area contributed by atoms with Crippen molar-refractivity contribution in [2.75, 3.05) is 12.3 Å². The summed E-state index contributed by atoms with van der Waals surface area (Å²) in [4.78, 5) is 0. The van der Waals surface area contributed by atoms with Crippen LogP contribution in [-0.2, 0) is 10.0 Å². The number of unbranched alkanes of at least 4 members (excludes halogenated alkanes) is 1. The van der Waals surface area contributed by atoms with Gasteiger partial charge in [0.05, 0.1) is 5.75 Å². The predicted molar refractivity (Wildman–Crippen MR) is 68.7 cm³/mol. The van der Waals surface area contributed by atoms with Crippen LogP contribution in [0.2, 0.25) is 0 Å². The summed E-state index contributed by atoms with van der Waals surface area (Å²) in [5.74, 6) is 0.806. The molecule has 98 valence electrons. The number of rotatable bonds is 9. The van der Waals surface area contributed by atoms with Crippen molar-refractivity contribution in [2.45, 2.75) is 52.5 Å². The second kappa shape index (κ2) is 8.03. The molecule has 0 saturated heterocycles.